The van der Waals surface area contributed by atoms with Gasteiger partial charge in [-0.1, -0.05) is 12.1 Å². The molecule has 2 fully saturated rings. The van der Waals surface area contributed by atoms with Crippen LogP contribution in [-0.4, -0.2) is 79.3 Å². The van der Waals surface area contributed by atoms with Crippen LogP contribution in [0, 0.1) is 0 Å². The molecule has 33 heavy (non-hydrogen) atoms. The number of carbonyl (C=O) groups excluding carboxylic acids is 2. The molecule has 0 bridgehead atoms. The van der Waals surface area contributed by atoms with Crippen molar-refractivity contribution < 1.29 is 24.2 Å². The van der Waals surface area contributed by atoms with Crippen LogP contribution in [0.15, 0.2) is 36.4 Å². The van der Waals surface area contributed by atoms with Crippen LogP contribution in [0.25, 0.3) is 0 Å². The van der Waals surface area contributed by atoms with E-state index in [0.717, 1.165) is 56.8 Å². The van der Waals surface area contributed by atoms with Gasteiger partial charge in [-0.2, -0.15) is 0 Å². The van der Waals surface area contributed by atoms with E-state index in [1.807, 2.05) is 18.2 Å². The number of rotatable bonds is 6. The fraction of sp³-hybridized carbons (Fsp3) is 0.440. The molecule has 2 aromatic carbocycles. The van der Waals surface area contributed by atoms with E-state index < -0.39 is 0 Å². The van der Waals surface area contributed by atoms with Gasteiger partial charge in [0.15, 0.2) is 11.5 Å². The van der Waals surface area contributed by atoms with Gasteiger partial charge in [-0.15, -0.1) is 0 Å². The summed E-state index contributed by atoms with van der Waals surface area (Å²) >= 11 is 0. The van der Waals surface area contributed by atoms with Crippen molar-refractivity contribution in [3.05, 3.63) is 53.1 Å². The Labute approximate surface area is 193 Å². The first-order valence-electron chi connectivity index (χ1n) is 11.5. The van der Waals surface area contributed by atoms with Gasteiger partial charge in [0.2, 0.25) is 0 Å². The number of phenols is 1. The summed E-state index contributed by atoms with van der Waals surface area (Å²) in [5.74, 6) is 0.181. The van der Waals surface area contributed by atoms with Crippen LogP contribution in [0.3, 0.4) is 0 Å². The Hall–Kier alpha value is -3.10. The fourth-order valence-electron chi connectivity index (χ4n) is 4.98. The van der Waals surface area contributed by atoms with Crippen molar-refractivity contribution in [2.45, 2.75) is 25.5 Å². The molecule has 3 aliphatic rings. The molecular weight excluding hydrogens is 422 g/mol. The Morgan fingerprint density at radius 1 is 1.09 bits per heavy atom. The minimum absolute atomic E-state index is 0.0587. The molecule has 0 spiro atoms. The number of carbonyl (C=O) groups is 2. The van der Waals surface area contributed by atoms with Crippen molar-refractivity contribution in [2.75, 3.05) is 51.3 Å². The standard InChI is InChI=1S/C25H29N3O5/c1-32-22-8-7-17(14-21(22)29)15-26-9-11-27(12-10-26)20-6-2-5-19-23(20)25(31)28(24(19)30)16-18-4-3-13-33-18/h2,5-8,14,18,29H,3-4,9-13,15-16H2,1H3. The van der Waals surface area contributed by atoms with Crippen LogP contribution < -0.4 is 9.64 Å². The zero-order valence-corrected chi connectivity index (χ0v) is 18.8. The Morgan fingerprint density at radius 3 is 2.61 bits per heavy atom. The number of piperazine rings is 1. The number of methoxy groups -OCH3 is 1. The summed E-state index contributed by atoms with van der Waals surface area (Å²) in [6, 6.07) is 11.0. The minimum atomic E-state index is -0.217. The number of hydrogen-bond donors (Lipinski definition) is 1. The van der Waals surface area contributed by atoms with Gasteiger partial charge in [-0.25, -0.2) is 0 Å². The Balaban J connectivity index is 1.26. The fourth-order valence-corrected chi connectivity index (χ4v) is 4.98. The maximum Gasteiger partial charge on any atom is 0.263 e. The first kappa shape index (κ1) is 21.7. The van der Waals surface area contributed by atoms with Crippen LogP contribution in [0.4, 0.5) is 5.69 Å². The number of hydrogen-bond acceptors (Lipinski definition) is 7. The smallest absolute Gasteiger partial charge is 0.263 e. The van der Waals surface area contributed by atoms with Crippen molar-refractivity contribution in [3.8, 4) is 11.5 Å². The minimum Gasteiger partial charge on any atom is -0.504 e. The van der Waals surface area contributed by atoms with Crippen molar-refractivity contribution in [3.63, 3.8) is 0 Å². The average Bonchev–Trinajstić information content (AvgIpc) is 3.43. The van der Waals surface area contributed by atoms with E-state index in [1.165, 1.54) is 12.0 Å². The summed E-state index contributed by atoms with van der Waals surface area (Å²) in [5, 5.41) is 10.0. The van der Waals surface area contributed by atoms with Gasteiger partial charge < -0.3 is 19.5 Å². The molecule has 0 aromatic heterocycles. The second-order valence-corrected chi connectivity index (χ2v) is 8.83. The van der Waals surface area contributed by atoms with Gasteiger partial charge in [-0.3, -0.25) is 19.4 Å². The molecule has 0 radical (unpaired) electrons. The number of phenolic OH excluding ortho intramolecular Hbond substituents is 1. The number of ether oxygens (including phenoxy) is 2. The summed E-state index contributed by atoms with van der Waals surface area (Å²) in [4.78, 5) is 32.0. The maximum atomic E-state index is 13.2. The first-order valence-corrected chi connectivity index (χ1v) is 11.5. The lowest BCUT2D eigenvalue weighted by Crippen LogP contribution is -2.46. The lowest BCUT2D eigenvalue weighted by atomic mass is 10.1. The highest BCUT2D eigenvalue weighted by molar-refractivity contribution is 6.23. The third kappa shape index (κ3) is 4.16. The molecule has 174 valence electrons. The zero-order chi connectivity index (χ0) is 22.9. The van der Waals surface area contributed by atoms with Gasteiger partial charge in [0.05, 0.1) is 36.6 Å². The molecule has 2 aromatic rings. The molecule has 1 unspecified atom stereocenters. The van der Waals surface area contributed by atoms with Gasteiger partial charge >= 0.3 is 0 Å². The van der Waals surface area contributed by atoms with Crippen LogP contribution >= 0.6 is 0 Å². The van der Waals surface area contributed by atoms with Gasteiger partial charge in [0, 0.05) is 39.3 Å². The predicted octanol–water partition coefficient (Wildman–Crippen LogP) is 2.50. The molecule has 3 aliphatic heterocycles. The molecule has 0 aliphatic carbocycles. The molecule has 1 atom stereocenters. The molecule has 0 saturated carbocycles. The number of fused-ring (bicyclic) bond motifs is 1. The summed E-state index contributed by atoms with van der Waals surface area (Å²) in [5.41, 5.74) is 2.87. The number of anilines is 1. The number of amides is 2. The van der Waals surface area contributed by atoms with Crippen molar-refractivity contribution in [1.29, 1.82) is 0 Å². The summed E-state index contributed by atoms with van der Waals surface area (Å²) < 4.78 is 10.8. The monoisotopic (exact) mass is 451 g/mol. The Kier molecular flexibility index (Phi) is 5.95. The predicted molar refractivity (Wildman–Crippen MR) is 123 cm³/mol. The van der Waals surface area contributed by atoms with Crippen molar-refractivity contribution in [1.82, 2.24) is 9.80 Å². The van der Waals surface area contributed by atoms with E-state index in [9.17, 15) is 14.7 Å². The van der Waals surface area contributed by atoms with E-state index in [1.54, 1.807) is 18.2 Å². The highest BCUT2D eigenvalue weighted by atomic mass is 16.5. The topological polar surface area (TPSA) is 82.5 Å². The summed E-state index contributed by atoms with van der Waals surface area (Å²) in [6.07, 6.45) is 1.80. The molecule has 1 N–H and O–H groups in total. The number of imide groups is 1. The highest BCUT2D eigenvalue weighted by Crippen LogP contribution is 2.33. The van der Waals surface area contributed by atoms with E-state index in [4.69, 9.17) is 9.47 Å². The van der Waals surface area contributed by atoms with E-state index in [-0.39, 0.29) is 23.7 Å². The van der Waals surface area contributed by atoms with Gasteiger partial charge in [0.25, 0.3) is 11.8 Å². The summed E-state index contributed by atoms with van der Waals surface area (Å²) in [6.45, 7) is 4.90. The van der Waals surface area contributed by atoms with Crippen molar-refractivity contribution >= 4 is 17.5 Å². The second kappa shape index (κ2) is 9.03. The third-order valence-corrected chi connectivity index (χ3v) is 6.75. The average molecular weight is 452 g/mol. The van der Waals surface area contributed by atoms with E-state index in [0.29, 0.717) is 30.0 Å². The lowest BCUT2D eigenvalue weighted by molar-refractivity contribution is 0.0475. The lowest BCUT2D eigenvalue weighted by Gasteiger charge is -2.36. The largest absolute Gasteiger partial charge is 0.504 e. The summed E-state index contributed by atoms with van der Waals surface area (Å²) in [7, 11) is 1.54. The van der Waals surface area contributed by atoms with Gasteiger partial charge in [0.1, 0.15) is 0 Å². The number of benzene rings is 2. The number of aromatic hydroxyl groups is 1. The van der Waals surface area contributed by atoms with Gasteiger partial charge in [-0.05, 0) is 42.7 Å². The quantitative estimate of drug-likeness (QED) is 0.676. The SMILES string of the molecule is COc1ccc(CN2CCN(c3cccc4c3C(=O)N(CC3CCCO3)C4=O)CC2)cc1O. The normalized spacial score (nSPS) is 21.1. The molecule has 2 amide bonds. The molecule has 2 saturated heterocycles. The zero-order valence-electron chi connectivity index (χ0n) is 18.8. The Morgan fingerprint density at radius 2 is 1.91 bits per heavy atom. The third-order valence-electron chi connectivity index (χ3n) is 6.75. The maximum absolute atomic E-state index is 13.2. The number of nitrogens with zero attached hydrogens (tertiary/aromatic N) is 3. The molecule has 3 heterocycles. The molecule has 8 nitrogen and oxygen atoms in total. The van der Waals surface area contributed by atoms with Crippen molar-refractivity contribution in [2.24, 2.45) is 0 Å². The van der Waals surface area contributed by atoms with Crippen LogP contribution in [-0.2, 0) is 11.3 Å². The molecule has 5 rings (SSSR count). The second-order valence-electron chi connectivity index (χ2n) is 8.83. The van der Waals surface area contributed by atoms with Crippen LogP contribution in [0.2, 0.25) is 0 Å². The van der Waals surface area contributed by atoms with Crippen LogP contribution in [0.5, 0.6) is 11.5 Å². The van der Waals surface area contributed by atoms with Crippen LogP contribution in [0.1, 0.15) is 39.1 Å². The van der Waals surface area contributed by atoms with E-state index in [2.05, 4.69) is 9.80 Å². The molecular formula is C25H29N3O5. The molecule has 8 heteroatoms. The highest BCUT2D eigenvalue weighted by Gasteiger charge is 2.40. The first-order chi connectivity index (χ1) is 16.0. The van der Waals surface area contributed by atoms with E-state index >= 15 is 0 Å². The Bertz CT molecular complexity index is 1060.